The van der Waals surface area contributed by atoms with Gasteiger partial charge < -0.3 is 11.1 Å². The molecular formula is C14H12Br2N2O. The van der Waals surface area contributed by atoms with Crippen molar-refractivity contribution in [1.82, 2.24) is 0 Å². The maximum atomic E-state index is 12.2. The molecule has 2 rings (SSSR count). The molecule has 0 aromatic heterocycles. The van der Waals surface area contributed by atoms with Gasteiger partial charge in [-0.15, -0.1) is 0 Å². The number of nitrogens with two attached hydrogens (primary N) is 1. The zero-order valence-corrected chi connectivity index (χ0v) is 13.4. The van der Waals surface area contributed by atoms with Crippen molar-refractivity contribution < 1.29 is 4.79 Å². The number of hydrogen-bond acceptors (Lipinski definition) is 2. The van der Waals surface area contributed by atoms with E-state index in [9.17, 15) is 4.79 Å². The minimum absolute atomic E-state index is 0.182. The van der Waals surface area contributed by atoms with E-state index in [1.165, 1.54) is 0 Å². The summed E-state index contributed by atoms with van der Waals surface area (Å²) in [6.45, 7) is 1.90. The van der Waals surface area contributed by atoms with Gasteiger partial charge in [0.2, 0.25) is 0 Å². The molecule has 0 saturated heterocycles. The highest BCUT2D eigenvalue weighted by Crippen LogP contribution is 2.28. The van der Waals surface area contributed by atoms with Gasteiger partial charge in [0, 0.05) is 14.5 Å². The quantitative estimate of drug-likeness (QED) is 0.757. The molecule has 0 aliphatic rings. The van der Waals surface area contributed by atoms with Crippen LogP contribution in [0.4, 0.5) is 11.4 Å². The molecule has 5 heteroatoms. The summed E-state index contributed by atoms with van der Waals surface area (Å²) in [5, 5.41) is 2.84. The van der Waals surface area contributed by atoms with E-state index in [4.69, 9.17) is 5.73 Å². The Balaban J connectivity index is 2.29. The van der Waals surface area contributed by atoms with Gasteiger partial charge in [-0.1, -0.05) is 37.9 Å². The third kappa shape index (κ3) is 3.36. The summed E-state index contributed by atoms with van der Waals surface area (Å²) in [6, 6.07) is 10.9. The predicted octanol–water partition coefficient (Wildman–Crippen LogP) is 4.35. The summed E-state index contributed by atoms with van der Waals surface area (Å²) in [5.41, 5.74) is 8.60. The number of aryl methyl sites for hydroxylation is 1. The largest absolute Gasteiger partial charge is 0.397 e. The lowest BCUT2D eigenvalue weighted by Crippen LogP contribution is -2.14. The average molecular weight is 384 g/mol. The van der Waals surface area contributed by atoms with E-state index >= 15 is 0 Å². The first-order valence-electron chi connectivity index (χ1n) is 5.60. The highest BCUT2D eigenvalue weighted by atomic mass is 79.9. The van der Waals surface area contributed by atoms with Crippen molar-refractivity contribution in [1.29, 1.82) is 0 Å². The summed E-state index contributed by atoms with van der Waals surface area (Å²) in [6.07, 6.45) is 0. The van der Waals surface area contributed by atoms with Crippen LogP contribution < -0.4 is 11.1 Å². The van der Waals surface area contributed by atoms with Gasteiger partial charge in [-0.3, -0.25) is 4.79 Å². The normalized spacial score (nSPS) is 10.3. The Bertz CT molecular complexity index is 618. The van der Waals surface area contributed by atoms with Crippen LogP contribution >= 0.6 is 31.9 Å². The van der Waals surface area contributed by atoms with Crippen molar-refractivity contribution in [2.24, 2.45) is 0 Å². The second-order valence-electron chi connectivity index (χ2n) is 4.15. The number of carbonyl (C=O) groups is 1. The Labute approximate surface area is 128 Å². The van der Waals surface area contributed by atoms with Crippen LogP contribution in [0.2, 0.25) is 0 Å². The van der Waals surface area contributed by atoms with Crippen molar-refractivity contribution in [2.75, 3.05) is 11.1 Å². The highest BCUT2D eigenvalue weighted by Gasteiger charge is 2.11. The number of hydrogen-bond donors (Lipinski definition) is 2. The summed E-state index contributed by atoms with van der Waals surface area (Å²) in [4.78, 5) is 12.2. The molecule has 1 amide bonds. The number of benzene rings is 2. The maximum absolute atomic E-state index is 12.2. The van der Waals surface area contributed by atoms with Gasteiger partial charge in [0.1, 0.15) is 0 Å². The Kier molecular flexibility index (Phi) is 4.27. The first-order valence-corrected chi connectivity index (χ1v) is 7.18. The van der Waals surface area contributed by atoms with E-state index in [0.29, 0.717) is 16.9 Å². The van der Waals surface area contributed by atoms with E-state index in [1.807, 2.05) is 25.1 Å². The Morgan fingerprint density at radius 2 is 1.89 bits per heavy atom. The predicted molar refractivity (Wildman–Crippen MR) is 85.4 cm³/mol. The van der Waals surface area contributed by atoms with Gasteiger partial charge in [0.05, 0.1) is 11.4 Å². The second kappa shape index (κ2) is 5.75. The van der Waals surface area contributed by atoms with Crippen molar-refractivity contribution in [3.05, 3.63) is 56.5 Å². The van der Waals surface area contributed by atoms with E-state index in [0.717, 1.165) is 14.5 Å². The zero-order chi connectivity index (χ0) is 14.0. The van der Waals surface area contributed by atoms with Crippen LogP contribution in [0.5, 0.6) is 0 Å². The SMILES string of the molecule is Cc1cc(Br)cc(N)c1NC(=O)c1cccc(Br)c1. The van der Waals surface area contributed by atoms with Crippen molar-refractivity contribution in [3.63, 3.8) is 0 Å². The van der Waals surface area contributed by atoms with E-state index in [-0.39, 0.29) is 5.91 Å². The average Bonchev–Trinajstić information content (AvgIpc) is 2.33. The molecule has 0 fully saturated rings. The molecule has 0 atom stereocenters. The van der Waals surface area contributed by atoms with Crippen LogP contribution in [0, 0.1) is 6.92 Å². The van der Waals surface area contributed by atoms with Crippen LogP contribution in [0.15, 0.2) is 45.3 Å². The van der Waals surface area contributed by atoms with Gasteiger partial charge >= 0.3 is 0 Å². The third-order valence-corrected chi connectivity index (χ3v) is 3.61. The molecule has 3 N–H and O–H groups in total. The fraction of sp³-hybridized carbons (Fsp3) is 0.0714. The lowest BCUT2D eigenvalue weighted by Gasteiger charge is -2.12. The molecule has 0 saturated carbocycles. The number of rotatable bonds is 2. The molecule has 0 unspecified atom stereocenters. The Morgan fingerprint density at radius 3 is 2.53 bits per heavy atom. The molecule has 0 aliphatic heterocycles. The highest BCUT2D eigenvalue weighted by molar-refractivity contribution is 9.10. The van der Waals surface area contributed by atoms with Gasteiger partial charge in [-0.05, 0) is 42.8 Å². The molecular weight excluding hydrogens is 372 g/mol. The van der Waals surface area contributed by atoms with Crippen molar-refractivity contribution >= 4 is 49.1 Å². The summed E-state index contributed by atoms with van der Waals surface area (Å²) >= 11 is 6.71. The molecule has 2 aromatic carbocycles. The lowest BCUT2D eigenvalue weighted by molar-refractivity contribution is 0.102. The van der Waals surface area contributed by atoms with Crippen LogP contribution in [0.3, 0.4) is 0 Å². The number of halogens is 2. The smallest absolute Gasteiger partial charge is 0.255 e. The van der Waals surface area contributed by atoms with Crippen LogP contribution in [-0.4, -0.2) is 5.91 Å². The number of anilines is 2. The molecule has 19 heavy (non-hydrogen) atoms. The summed E-state index contributed by atoms with van der Waals surface area (Å²) in [7, 11) is 0. The number of nitrogens with one attached hydrogen (secondary N) is 1. The van der Waals surface area contributed by atoms with Crippen molar-refractivity contribution in [3.8, 4) is 0 Å². The number of carbonyl (C=O) groups excluding carboxylic acids is 1. The van der Waals surface area contributed by atoms with Crippen LogP contribution in [0.1, 0.15) is 15.9 Å². The van der Waals surface area contributed by atoms with Gasteiger partial charge in [-0.25, -0.2) is 0 Å². The van der Waals surface area contributed by atoms with Gasteiger partial charge in [0.15, 0.2) is 0 Å². The van der Waals surface area contributed by atoms with Gasteiger partial charge in [-0.2, -0.15) is 0 Å². The topological polar surface area (TPSA) is 55.1 Å². The minimum atomic E-state index is -0.182. The maximum Gasteiger partial charge on any atom is 0.255 e. The first-order chi connectivity index (χ1) is 8.97. The minimum Gasteiger partial charge on any atom is -0.397 e. The van der Waals surface area contributed by atoms with Crippen molar-refractivity contribution in [2.45, 2.75) is 6.92 Å². The van der Waals surface area contributed by atoms with E-state index in [1.54, 1.807) is 18.2 Å². The number of nitrogen functional groups attached to an aromatic ring is 1. The lowest BCUT2D eigenvalue weighted by atomic mass is 10.1. The van der Waals surface area contributed by atoms with Crippen LogP contribution in [0.25, 0.3) is 0 Å². The molecule has 0 heterocycles. The molecule has 0 radical (unpaired) electrons. The standard InChI is InChI=1S/C14H12Br2N2O/c1-8-5-11(16)7-12(17)13(8)18-14(19)9-3-2-4-10(15)6-9/h2-7H,17H2,1H3,(H,18,19). The fourth-order valence-corrected chi connectivity index (χ4v) is 2.74. The molecule has 98 valence electrons. The molecule has 0 bridgehead atoms. The second-order valence-corrected chi connectivity index (χ2v) is 5.98. The zero-order valence-electron chi connectivity index (χ0n) is 10.2. The van der Waals surface area contributed by atoms with Gasteiger partial charge in [0.25, 0.3) is 5.91 Å². The molecule has 0 spiro atoms. The molecule has 2 aromatic rings. The van der Waals surface area contributed by atoms with E-state index in [2.05, 4.69) is 37.2 Å². The summed E-state index contributed by atoms with van der Waals surface area (Å²) < 4.78 is 1.75. The van der Waals surface area contributed by atoms with E-state index < -0.39 is 0 Å². The summed E-state index contributed by atoms with van der Waals surface area (Å²) in [5.74, 6) is -0.182. The Hall–Kier alpha value is -1.33. The Morgan fingerprint density at radius 1 is 1.16 bits per heavy atom. The fourth-order valence-electron chi connectivity index (χ4n) is 1.76. The van der Waals surface area contributed by atoms with Crippen LogP contribution in [-0.2, 0) is 0 Å². The number of amides is 1. The third-order valence-electron chi connectivity index (χ3n) is 2.66. The monoisotopic (exact) mass is 382 g/mol. The molecule has 3 nitrogen and oxygen atoms in total. The first kappa shape index (κ1) is 14.1. The molecule has 0 aliphatic carbocycles.